The van der Waals surface area contributed by atoms with Crippen LogP contribution in [0.2, 0.25) is 0 Å². The normalized spacial score (nSPS) is 16.6. The van der Waals surface area contributed by atoms with E-state index in [4.69, 9.17) is 0 Å². The molecule has 0 bridgehead atoms. The average Bonchev–Trinajstić information content (AvgIpc) is 2.74. The maximum absolute atomic E-state index is 13.2. The topological polar surface area (TPSA) is 42.0 Å². The van der Waals surface area contributed by atoms with Crippen LogP contribution >= 0.6 is 0 Å². The molecule has 3 nitrogen and oxygen atoms in total. The van der Waals surface area contributed by atoms with Crippen LogP contribution in [0.25, 0.3) is 0 Å². The van der Waals surface area contributed by atoms with Crippen molar-refractivity contribution in [1.29, 1.82) is 0 Å². The van der Waals surface area contributed by atoms with Gasteiger partial charge in [0, 0.05) is 12.1 Å². The van der Waals surface area contributed by atoms with Crippen molar-refractivity contribution >= 4 is 11.6 Å². The van der Waals surface area contributed by atoms with Gasteiger partial charge >= 0.3 is 0 Å². The van der Waals surface area contributed by atoms with Gasteiger partial charge in [0.1, 0.15) is 0 Å². The van der Waals surface area contributed by atoms with Crippen LogP contribution in [0.4, 0.5) is 10.1 Å². The lowest BCUT2D eigenvalue weighted by molar-refractivity contribution is -0.119. The number of nitrogens with one attached hydrogen (secondary N) is 1. The Balaban J connectivity index is 2.02. The average molecular weight is 208 g/mol. The van der Waals surface area contributed by atoms with Gasteiger partial charge in [-0.1, -0.05) is 12.8 Å². The van der Waals surface area contributed by atoms with Gasteiger partial charge in [-0.3, -0.25) is 9.78 Å². The molecule has 1 saturated carbocycles. The van der Waals surface area contributed by atoms with E-state index < -0.39 is 5.82 Å². The van der Waals surface area contributed by atoms with E-state index in [9.17, 15) is 9.18 Å². The number of anilines is 1. The maximum Gasteiger partial charge on any atom is 0.227 e. The summed E-state index contributed by atoms with van der Waals surface area (Å²) in [6.45, 7) is 0. The summed E-state index contributed by atoms with van der Waals surface area (Å²) in [6, 6.07) is 1.47. The van der Waals surface area contributed by atoms with Crippen molar-refractivity contribution in [1.82, 2.24) is 4.98 Å². The number of aromatic nitrogens is 1. The molecule has 0 atom stereocenters. The van der Waals surface area contributed by atoms with Crippen LogP contribution in [0.15, 0.2) is 18.5 Å². The smallest absolute Gasteiger partial charge is 0.227 e. The standard InChI is InChI=1S/C11H13FN2O/c12-9-7-13-6-5-10(9)14-11(15)8-3-1-2-4-8/h5-8H,1-4H2,(H,13,14,15). The Kier molecular flexibility index (Phi) is 2.94. The highest BCUT2D eigenvalue weighted by molar-refractivity contribution is 5.92. The molecule has 1 aromatic heterocycles. The molecule has 15 heavy (non-hydrogen) atoms. The number of amides is 1. The molecule has 1 aliphatic carbocycles. The predicted molar refractivity (Wildman–Crippen MR) is 54.8 cm³/mol. The molecule has 1 heterocycles. The molecular weight excluding hydrogens is 195 g/mol. The Labute approximate surface area is 87.7 Å². The van der Waals surface area contributed by atoms with Crippen molar-refractivity contribution in [2.45, 2.75) is 25.7 Å². The van der Waals surface area contributed by atoms with Gasteiger partial charge < -0.3 is 5.32 Å². The number of carbonyl (C=O) groups excluding carboxylic acids is 1. The van der Waals surface area contributed by atoms with Crippen LogP contribution in [0.1, 0.15) is 25.7 Å². The molecule has 0 aliphatic heterocycles. The fourth-order valence-corrected chi connectivity index (χ4v) is 1.90. The molecule has 4 heteroatoms. The molecule has 80 valence electrons. The van der Waals surface area contributed by atoms with Crippen LogP contribution in [0, 0.1) is 11.7 Å². The van der Waals surface area contributed by atoms with E-state index in [-0.39, 0.29) is 17.5 Å². The fraction of sp³-hybridized carbons (Fsp3) is 0.455. The minimum absolute atomic E-state index is 0.0533. The molecule has 1 aromatic rings. The molecule has 0 spiro atoms. The maximum atomic E-state index is 13.2. The molecule has 1 N–H and O–H groups in total. The monoisotopic (exact) mass is 208 g/mol. The summed E-state index contributed by atoms with van der Waals surface area (Å²) in [4.78, 5) is 15.3. The molecular formula is C11H13FN2O. The highest BCUT2D eigenvalue weighted by atomic mass is 19.1. The minimum atomic E-state index is -0.483. The van der Waals surface area contributed by atoms with Crippen molar-refractivity contribution < 1.29 is 9.18 Å². The zero-order valence-electron chi connectivity index (χ0n) is 8.37. The van der Waals surface area contributed by atoms with E-state index in [1.54, 1.807) is 0 Å². The zero-order valence-corrected chi connectivity index (χ0v) is 8.37. The van der Waals surface area contributed by atoms with Gasteiger partial charge in [-0.2, -0.15) is 0 Å². The van der Waals surface area contributed by atoms with E-state index >= 15 is 0 Å². The number of hydrogen-bond donors (Lipinski definition) is 1. The summed E-state index contributed by atoms with van der Waals surface area (Å²) >= 11 is 0. The Morgan fingerprint density at radius 2 is 2.20 bits per heavy atom. The van der Waals surface area contributed by atoms with Crippen molar-refractivity contribution in [3.8, 4) is 0 Å². The third kappa shape index (κ3) is 2.32. The lowest BCUT2D eigenvalue weighted by atomic mass is 10.1. The molecule has 0 aromatic carbocycles. The van der Waals surface area contributed by atoms with Crippen LogP contribution in [-0.4, -0.2) is 10.9 Å². The van der Waals surface area contributed by atoms with Crippen LogP contribution in [-0.2, 0) is 4.79 Å². The summed E-state index contributed by atoms with van der Waals surface area (Å²) in [5, 5.41) is 2.60. The lowest BCUT2D eigenvalue weighted by Crippen LogP contribution is -2.20. The Bertz CT molecular complexity index is 361. The third-order valence-corrected chi connectivity index (χ3v) is 2.76. The number of nitrogens with zero attached hydrogens (tertiary/aromatic N) is 1. The van der Waals surface area contributed by atoms with Gasteiger partial charge in [0.15, 0.2) is 5.82 Å². The largest absolute Gasteiger partial charge is 0.323 e. The number of carbonyl (C=O) groups is 1. The fourth-order valence-electron chi connectivity index (χ4n) is 1.90. The summed E-state index contributed by atoms with van der Waals surface area (Å²) < 4.78 is 13.2. The van der Waals surface area contributed by atoms with Crippen molar-refractivity contribution in [3.05, 3.63) is 24.3 Å². The quantitative estimate of drug-likeness (QED) is 0.810. The zero-order chi connectivity index (χ0) is 10.7. The van der Waals surface area contributed by atoms with Crippen molar-refractivity contribution in [2.24, 2.45) is 5.92 Å². The summed E-state index contributed by atoms with van der Waals surface area (Å²) in [5.41, 5.74) is 0.224. The van der Waals surface area contributed by atoms with E-state index in [1.165, 1.54) is 12.3 Å². The highest BCUT2D eigenvalue weighted by Gasteiger charge is 2.23. The predicted octanol–water partition coefficient (Wildman–Crippen LogP) is 2.35. The van der Waals surface area contributed by atoms with E-state index in [2.05, 4.69) is 10.3 Å². The van der Waals surface area contributed by atoms with E-state index in [0.29, 0.717) is 0 Å². The first-order valence-corrected chi connectivity index (χ1v) is 5.18. The van der Waals surface area contributed by atoms with Gasteiger partial charge in [0.05, 0.1) is 11.9 Å². The van der Waals surface area contributed by atoms with Crippen molar-refractivity contribution in [3.63, 3.8) is 0 Å². The number of rotatable bonds is 2. The van der Waals surface area contributed by atoms with Gasteiger partial charge in [-0.15, -0.1) is 0 Å². The molecule has 0 unspecified atom stereocenters. The van der Waals surface area contributed by atoms with Crippen LogP contribution < -0.4 is 5.32 Å². The van der Waals surface area contributed by atoms with Gasteiger partial charge in [0.25, 0.3) is 0 Å². The third-order valence-electron chi connectivity index (χ3n) is 2.76. The van der Waals surface area contributed by atoms with E-state index in [0.717, 1.165) is 31.9 Å². The summed E-state index contributed by atoms with van der Waals surface area (Å²) in [7, 11) is 0. The summed E-state index contributed by atoms with van der Waals surface area (Å²) in [5.74, 6) is -0.501. The van der Waals surface area contributed by atoms with Crippen LogP contribution in [0.5, 0.6) is 0 Å². The first-order valence-electron chi connectivity index (χ1n) is 5.18. The number of hydrogen-bond acceptors (Lipinski definition) is 2. The summed E-state index contributed by atoms with van der Waals surface area (Å²) in [6.07, 6.45) is 6.59. The highest BCUT2D eigenvalue weighted by Crippen LogP contribution is 2.26. The van der Waals surface area contributed by atoms with Gasteiger partial charge in [0.2, 0.25) is 5.91 Å². The Morgan fingerprint density at radius 3 is 2.87 bits per heavy atom. The molecule has 2 rings (SSSR count). The second-order valence-corrected chi connectivity index (χ2v) is 3.83. The molecule has 0 saturated heterocycles. The van der Waals surface area contributed by atoms with Gasteiger partial charge in [-0.05, 0) is 18.9 Å². The molecule has 1 amide bonds. The SMILES string of the molecule is O=C(Nc1ccncc1F)C1CCCC1. The number of pyridine rings is 1. The van der Waals surface area contributed by atoms with E-state index in [1.807, 2.05) is 0 Å². The van der Waals surface area contributed by atoms with Crippen molar-refractivity contribution in [2.75, 3.05) is 5.32 Å². The first-order chi connectivity index (χ1) is 7.27. The minimum Gasteiger partial charge on any atom is -0.323 e. The Morgan fingerprint density at radius 1 is 1.47 bits per heavy atom. The number of halogens is 1. The van der Waals surface area contributed by atoms with Crippen LogP contribution in [0.3, 0.4) is 0 Å². The lowest BCUT2D eigenvalue weighted by Gasteiger charge is -2.10. The molecule has 0 radical (unpaired) electrons. The Hall–Kier alpha value is -1.45. The van der Waals surface area contributed by atoms with Gasteiger partial charge in [-0.25, -0.2) is 4.39 Å². The molecule has 1 fully saturated rings. The second-order valence-electron chi connectivity index (χ2n) is 3.83. The first kappa shape index (κ1) is 10.1. The molecule has 1 aliphatic rings. The second kappa shape index (κ2) is 4.38.